The smallest absolute Gasteiger partial charge is 0.188 e. The highest BCUT2D eigenvalue weighted by Gasteiger charge is 2.44. The van der Waals surface area contributed by atoms with Gasteiger partial charge < -0.3 is 14.6 Å². The van der Waals surface area contributed by atoms with Crippen LogP contribution in [-0.4, -0.2) is 36.5 Å². The summed E-state index contributed by atoms with van der Waals surface area (Å²) in [6, 6.07) is 16.8. The molecule has 6 heteroatoms. The van der Waals surface area contributed by atoms with Crippen LogP contribution in [0.3, 0.4) is 0 Å². The van der Waals surface area contributed by atoms with Crippen LogP contribution in [0.25, 0.3) is 22.2 Å². The predicted octanol–water partition coefficient (Wildman–Crippen LogP) is 5.33. The molecule has 1 saturated heterocycles. The summed E-state index contributed by atoms with van der Waals surface area (Å²) >= 11 is 8.54. The Morgan fingerprint density at radius 1 is 1.30 bits per heavy atom. The fraction of sp³-hybridized carbons (Fsp3) is 0.286. The molecule has 2 heterocycles. The zero-order valence-electron chi connectivity index (χ0n) is 15.3. The Bertz CT molecular complexity index is 1030. The number of methoxy groups -OCH3 is 1. The van der Waals surface area contributed by atoms with E-state index in [9.17, 15) is 5.26 Å². The SMILES string of the molecule is CCSc1ccc(N2CC(C#N)(OC)C2)c(-c2[nH]c3ccccc3c2Cl)c1. The molecule has 4 nitrogen and oxygen atoms in total. The van der Waals surface area contributed by atoms with Gasteiger partial charge >= 0.3 is 0 Å². The van der Waals surface area contributed by atoms with Crippen LogP contribution in [-0.2, 0) is 4.74 Å². The number of aromatic amines is 1. The van der Waals surface area contributed by atoms with Gasteiger partial charge in [0.1, 0.15) is 6.07 Å². The van der Waals surface area contributed by atoms with Crippen LogP contribution in [0.1, 0.15) is 6.92 Å². The van der Waals surface area contributed by atoms with Crippen molar-refractivity contribution in [1.29, 1.82) is 5.26 Å². The quantitative estimate of drug-likeness (QED) is 0.591. The molecule has 0 atom stereocenters. The number of H-pyrrole nitrogens is 1. The Kier molecular flexibility index (Phi) is 4.81. The Morgan fingerprint density at radius 3 is 2.74 bits per heavy atom. The maximum Gasteiger partial charge on any atom is 0.188 e. The molecule has 4 rings (SSSR count). The number of thioether (sulfide) groups is 1. The van der Waals surface area contributed by atoms with Crippen molar-refractivity contribution in [1.82, 2.24) is 4.98 Å². The van der Waals surface area contributed by atoms with E-state index in [-0.39, 0.29) is 0 Å². The summed E-state index contributed by atoms with van der Waals surface area (Å²) in [7, 11) is 1.59. The first kappa shape index (κ1) is 18.2. The minimum absolute atomic E-state index is 0.547. The number of anilines is 1. The zero-order valence-corrected chi connectivity index (χ0v) is 16.8. The second kappa shape index (κ2) is 7.12. The molecule has 1 aliphatic rings. The zero-order chi connectivity index (χ0) is 19.0. The monoisotopic (exact) mass is 397 g/mol. The van der Waals surface area contributed by atoms with E-state index < -0.39 is 5.60 Å². The Labute approximate surface area is 168 Å². The molecule has 138 valence electrons. The lowest BCUT2D eigenvalue weighted by atomic mass is 9.93. The van der Waals surface area contributed by atoms with Gasteiger partial charge in [0.15, 0.2) is 5.60 Å². The van der Waals surface area contributed by atoms with Crippen LogP contribution in [0.2, 0.25) is 5.02 Å². The molecule has 0 unspecified atom stereocenters. The molecule has 0 amide bonds. The van der Waals surface area contributed by atoms with Crippen LogP contribution in [0.15, 0.2) is 47.4 Å². The van der Waals surface area contributed by atoms with E-state index in [0.29, 0.717) is 13.1 Å². The van der Waals surface area contributed by atoms with Crippen molar-refractivity contribution in [3.63, 3.8) is 0 Å². The average Bonchev–Trinajstić information content (AvgIpc) is 3.00. The minimum atomic E-state index is -0.724. The van der Waals surface area contributed by atoms with Gasteiger partial charge in [-0.15, -0.1) is 11.8 Å². The molecular formula is C21H20ClN3OS. The van der Waals surface area contributed by atoms with E-state index in [1.54, 1.807) is 18.9 Å². The number of rotatable bonds is 5. The Hall–Kier alpha value is -2.13. The lowest BCUT2D eigenvalue weighted by Gasteiger charge is -2.46. The molecule has 1 aromatic heterocycles. The van der Waals surface area contributed by atoms with E-state index in [1.165, 1.54) is 4.90 Å². The van der Waals surface area contributed by atoms with Gasteiger partial charge in [-0.05, 0) is 30.0 Å². The summed E-state index contributed by atoms with van der Waals surface area (Å²) in [5.41, 5.74) is 3.32. The third-order valence-corrected chi connectivity index (χ3v) is 6.29. The van der Waals surface area contributed by atoms with Gasteiger partial charge in [-0.3, -0.25) is 0 Å². The van der Waals surface area contributed by atoms with Crippen molar-refractivity contribution >= 4 is 40.0 Å². The first-order valence-electron chi connectivity index (χ1n) is 8.85. The molecule has 0 spiro atoms. The van der Waals surface area contributed by atoms with Gasteiger partial charge in [0.2, 0.25) is 0 Å². The number of aromatic nitrogens is 1. The van der Waals surface area contributed by atoms with Crippen molar-refractivity contribution in [2.24, 2.45) is 0 Å². The largest absolute Gasteiger partial charge is 0.363 e. The number of hydrogen-bond donors (Lipinski definition) is 1. The second-order valence-corrected chi connectivity index (χ2v) is 8.35. The van der Waals surface area contributed by atoms with Gasteiger partial charge in [-0.2, -0.15) is 5.26 Å². The molecule has 0 saturated carbocycles. The first-order chi connectivity index (χ1) is 13.1. The van der Waals surface area contributed by atoms with Crippen molar-refractivity contribution in [3.05, 3.63) is 47.5 Å². The van der Waals surface area contributed by atoms with Crippen molar-refractivity contribution in [2.75, 3.05) is 30.9 Å². The lowest BCUT2D eigenvalue weighted by Crippen LogP contribution is -2.62. The number of benzene rings is 2. The maximum atomic E-state index is 9.41. The summed E-state index contributed by atoms with van der Waals surface area (Å²) in [6.07, 6.45) is 0. The maximum absolute atomic E-state index is 9.41. The topological polar surface area (TPSA) is 52.1 Å². The van der Waals surface area contributed by atoms with Crippen LogP contribution in [0, 0.1) is 11.3 Å². The van der Waals surface area contributed by atoms with Gasteiger partial charge in [0, 0.05) is 34.2 Å². The Balaban J connectivity index is 1.81. The molecule has 0 radical (unpaired) electrons. The number of hydrogen-bond acceptors (Lipinski definition) is 4. The van der Waals surface area contributed by atoms with Gasteiger partial charge in [0.05, 0.1) is 23.8 Å². The van der Waals surface area contributed by atoms with Crippen LogP contribution < -0.4 is 4.90 Å². The summed E-state index contributed by atoms with van der Waals surface area (Å²) in [6.45, 7) is 3.24. The Morgan fingerprint density at radius 2 is 2.07 bits per heavy atom. The van der Waals surface area contributed by atoms with E-state index in [0.717, 1.165) is 38.6 Å². The number of nitriles is 1. The number of fused-ring (bicyclic) bond motifs is 1. The molecule has 1 fully saturated rings. The van der Waals surface area contributed by atoms with Crippen LogP contribution in [0.5, 0.6) is 0 Å². The number of nitrogens with one attached hydrogen (secondary N) is 1. The average molecular weight is 398 g/mol. The summed E-state index contributed by atoms with van der Waals surface area (Å²) in [5.74, 6) is 1.00. The van der Waals surface area contributed by atoms with Gasteiger partial charge in [0.25, 0.3) is 0 Å². The molecular weight excluding hydrogens is 378 g/mol. The minimum Gasteiger partial charge on any atom is -0.363 e. The number of halogens is 1. The first-order valence-corrected chi connectivity index (χ1v) is 10.2. The number of nitrogens with zero attached hydrogens (tertiary/aromatic N) is 2. The number of para-hydroxylation sites is 1. The fourth-order valence-corrected chi connectivity index (χ4v) is 4.54. The van der Waals surface area contributed by atoms with Crippen molar-refractivity contribution in [3.8, 4) is 17.3 Å². The third kappa shape index (κ3) is 3.08. The lowest BCUT2D eigenvalue weighted by molar-refractivity contribution is 0.0156. The summed E-state index contributed by atoms with van der Waals surface area (Å²) in [4.78, 5) is 6.85. The molecule has 0 bridgehead atoms. The molecule has 3 aromatic rings. The van der Waals surface area contributed by atoms with E-state index >= 15 is 0 Å². The van der Waals surface area contributed by atoms with Crippen LogP contribution in [0.4, 0.5) is 5.69 Å². The standard InChI is InChI=1S/C21H20ClN3OS/c1-3-27-14-8-9-18(25-12-21(11-23,13-25)26-2)16(10-14)20-19(22)15-6-4-5-7-17(15)24-20/h4-10,24H,3,12-13H2,1-2H3. The normalized spacial score (nSPS) is 15.6. The number of ether oxygens (including phenoxy) is 1. The summed E-state index contributed by atoms with van der Waals surface area (Å²) < 4.78 is 5.41. The van der Waals surface area contributed by atoms with E-state index in [4.69, 9.17) is 16.3 Å². The van der Waals surface area contributed by atoms with Crippen molar-refractivity contribution < 1.29 is 4.74 Å². The highest BCUT2D eigenvalue weighted by molar-refractivity contribution is 7.99. The van der Waals surface area contributed by atoms with E-state index in [2.05, 4.69) is 41.1 Å². The van der Waals surface area contributed by atoms with Crippen molar-refractivity contribution in [2.45, 2.75) is 17.4 Å². The molecule has 27 heavy (non-hydrogen) atoms. The summed E-state index contributed by atoms with van der Waals surface area (Å²) in [5, 5.41) is 11.1. The molecule has 1 N–H and O–H groups in total. The highest BCUT2D eigenvalue weighted by Crippen LogP contribution is 2.43. The second-order valence-electron chi connectivity index (χ2n) is 6.64. The van der Waals surface area contributed by atoms with Crippen LogP contribution >= 0.6 is 23.4 Å². The van der Waals surface area contributed by atoms with Gasteiger partial charge in [-0.1, -0.05) is 36.7 Å². The molecule has 0 aliphatic carbocycles. The van der Waals surface area contributed by atoms with E-state index in [1.807, 2.05) is 24.3 Å². The molecule has 1 aliphatic heterocycles. The third-order valence-electron chi connectivity index (χ3n) is 5.02. The predicted molar refractivity (Wildman–Crippen MR) is 113 cm³/mol. The highest BCUT2D eigenvalue weighted by atomic mass is 35.5. The molecule has 2 aromatic carbocycles. The fourth-order valence-electron chi connectivity index (χ4n) is 3.53. The van der Waals surface area contributed by atoms with Gasteiger partial charge in [-0.25, -0.2) is 0 Å².